The van der Waals surface area contributed by atoms with Gasteiger partial charge in [0.05, 0.1) is 6.61 Å². The Hall–Kier alpha value is -0.780. The molecule has 1 saturated carbocycles. The number of alkyl halides is 3. The summed E-state index contributed by atoms with van der Waals surface area (Å²) < 4.78 is 48.3. The molecule has 0 atom stereocenters. The van der Waals surface area contributed by atoms with E-state index in [1.807, 2.05) is 0 Å². The number of rotatable bonds is 4. The molecule has 0 aromatic rings. The number of hydrogen-bond donors (Lipinski definition) is 0. The van der Waals surface area contributed by atoms with Crippen molar-refractivity contribution in [3.05, 3.63) is 0 Å². The monoisotopic (exact) mass is 254 g/mol. The van der Waals surface area contributed by atoms with Crippen LogP contribution in [-0.2, 0) is 14.3 Å². The third-order valence-electron chi connectivity index (χ3n) is 2.95. The molecule has 0 saturated heterocycles. The smallest absolute Gasteiger partial charge is 0.417 e. The Kier molecular flexibility index (Phi) is 4.80. The number of ether oxygens (including phenoxy) is 2. The molecule has 1 rings (SSSR count). The molecule has 1 fully saturated rings. The quantitative estimate of drug-likeness (QED) is 0.724. The van der Waals surface area contributed by atoms with Crippen molar-refractivity contribution in [2.24, 2.45) is 0 Å². The van der Waals surface area contributed by atoms with Gasteiger partial charge in [-0.2, -0.15) is 13.2 Å². The minimum atomic E-state index is -4.43. The lowest BCUT2D eigenvalue weighted by Gasteiger charge is -2.38. The molecule has 1 aliphatic rings. The summed E-state index contributed by atoms with van der Waals surface area (Å²) in [6.45, 7) is 1.10. The molecule has 17 heavy (non-hydrogen) atoms. The maximum atomic E-state index is 13.0. The van der Waals surface area contributed by atoms with Crippen LogP contribution in [0, 0.1) is 0 Å². The summed E-state index contributed by atoms with van der Waals surface area (Å²) in [7, 11) is 0. The maximum absolute atomic E-state index is 13.0. The van der Waals surface area contributed by atoms with Crippen molar-refractivity contribution in [3.63, 3.8) is 0 Å². The van der Waals surface area contributed by atoms with Crippen LogP contribution in [-0.4, -0.2) is 31.0 Å². The molecule has 0 aromatic carbocycles. The molecule has 0 heterocycles. The Morgan fingerprint density at radius 1 is 1.24 bits per heavy atom. The van der Waals surface area contributed by atoms with E-state index >= 15 is 0 Å². The molecule has 0 bridgehead atoms. The highest BCUT2D eigenvalue weighted by Crippen LogP contribution is 2.44. The van der Waals surface area contributed by atoms with Crippen molar-refractivity contribution < 1.29 is 27.4 Å². The van der Waals surface area contributed by atoms with Crippen LogP contribution in [0.5, 0.6) is 0 Å². The second-order valence-electron chi connectivity index (χ2n) is 4.15. The van der Waals surface area contributed by atoms with Gasteiger partial charge in [-0.1, -0.05) is 19.3 Å². The average molecular weight is 254 g/mol. The SMILES string of the molecule is CCOC(=O)COC1(C(F)(F)F)CCCCC1. The van der Waals surface area contributed by atoms with Gasteiger partial charge in [-0.15, -0.1) is 0 Å². The van der Waals surface area contributed by atoms with Crippen molar-refractivity contribution in [2.45, 2.75) is 50.8 Å². The zero-order chi connectivity index (χ0) is 12.9. The Bertz CT molecular complexity index is 257. The van der Waals surface area contributed by atoms with Crippen LogP contribution in [0.3, 0.4) is 0 Å². The van der Waals surface area contributed by atoms with Crippen molar-refractivity contribution in [2.75, 3.05) is 13.2 Å². The second-order valence-corrected chi connectivity index (χ2v) is 4.15. The molecule has 6 heteroatoms. The zero-order valence-corrected chi connectivity index (χ0v) is 9.81. The number of hydrogen-bond acceptors (Lipinski definition) is 3. The van der Waals surface area contributed by atoms with Crippen LogP contribution < -0.4 is 0 Å². The van der Waals surface area contributed by atoms with E-state index in [0.717, 1.165) is 6.42 Å². The Balaban J connectivity index is 2.61. The van der Waals surface area contributed by atoms with Gasteiger partial charge in [0.15, 0.2) is 5.60 Å². The third kappa shape index (κ3) is 3.59. The molecule has 3 nitrogen and oxygen atoms in total. The summed E-state index contributed by atoms with van der Waals surface area (Å²) in [5.41, 5.74) is -2.15. The Labute approximate surface area is 98.3 Å². The fraction of sp³-hybridized carbons (Fsp3) is 0.909. The predicted octanol–water partition coefficient (Wildman–Crippen LogP) is 2.83. The normalized spacial score (nSPS) is 20.0. The van der Waals surface area contributed by atoms with E-state index in [9.17, 15) is 18.0 Å². The molecule has 0 N–H and O–H groups in total. The molecule has 100 valence electrons. The van der Waals surface area contributed by atoms with E-state index in [1.165, 1.54) is 0 Å². The molecule has 0 aromatic heterocycles. The first-order valence-electron chi connectivity index (χ1n) is 5.77. The van der Waals surface area contributed by atoms with E-state index in [-0.39, 0.29) is 19.4 Å². The molecule has 0 spiro atoms. The highest BCUT2D eigenvalue weighted by Gasteiger charge is 2.56. The average Bonchev–Trinajstić information content (AvgIpc) is 2.27. The summed E-state index contributed by atoms with van der Waals surface area (Å²) in [6.07, 6.45) is -2.85. The maximum Gasteiger partial charge on any atom is 0.417 e. The number of halogens is 3. The van der Waals surface area contributed by atoms with Crippen LogP contribution >= 0.6 is 0 Å². The highest BCUT2D eigenvalue weighted by molar-refractivity contribution is 5.70. The number of carbonyl (C=O) groups excluding carboxylic acids is 1. The first-order chi connectivity index (χ1) is 7.91. The number of carbonyl (C=O) groups is 1. The molecule has 1 aliphatic carbocycles. The molecule has 0 amide bonds. The minimum absolute atomic E-state index is 0.0735. The van der Waals surface area contributed by atoms with Crippen molar-refractivity contribution in [1.82, 2.24) is 0 Å². The van der Waals surface area contributed by atoms with Crippen molar-refractivity contribution >= 4 is 5.97 Å². The van der Waals surface area contributed by atoms with E-state index in [1.54, 1.807) is 6.92 Å². The Morgan fingerprint density at radius 3 is 2.29 bits per heavy atom. The summed E-state index contributed by atoms with van der Waals surface area (Å²) >= 11 is 0. The van der Waals surface area contributed by atoms with Gasteiger partial charge in [0.25, 0.3) is 0 Å². The lowest BCUT2D eigenvalue weighted by molar-refractivity contribution is -0.287. The van der Waals surface area contributed by atoms with Crippen LogP contribution in [0.4, 0.5) is 13.2 Å². The first kappa shape index (κ1) is 14.3. The third-order valence-corrected chi connectivity index (χ3v) is 2.95. The molecular weight excluding hydrogens is 237 g/mol. The van der Waals surface area contributed by atoms with Gasteiger partial charge in [0.2, 0.25) is 0 Å². The summed E-state index contributed by atoms with van der Waals surface area (Å²) in [5, 5.41) is 0. The minimum Gasteiger partial charge on any atom is -0.464 e. The number of esters is 1. The Morgan fingerprint density at radius 2 is 1.82 bits per heavy atom. The summed E-state index contributed by atoms with van der Waals surface area (Å²) in [5.74, 6) is -0.748. The second kappa shape index (κ2) is 5.71. The van der Waals surface area contributed by atoms with Crippen molar-refractivity contribution in [1.29, 1.82) is 0 Å². The molecular formula is C11H17F3O3. The van der Waals surface area contributed by atoms with Gasteiger partial charge in [0, 0.05) is 0 Å². The summed E-state index contributed by atoms with van der Waals surface area (Å²) in [4.78, 5) is 11.0. The van der Waals surface area contributed by atoms with Crippen LogP contribution in [0.15, 0.2) is 0 Å². The lowest BCUT2D eigenvalue weighted by Crippen LogP contribution is -2.50. The zero-order valence-electron chi connectivity index (χ0n) is 9.81. The van der Waals surface area contributed by atoms with Crippen molar-refractivity contribution in [3.8, 4) is 0 Å². The van der Waals surface area contributed by atoms with Gasteiger partial charge >= 0.3 is 12.1 Å². The largest absolute Gasteiger partial charge is 0.464 e. The van der Waals surface area contributed by atoms with Crippen LogP contribution in [0.1, 0.15) is 39.0 Å². The van der Waals surface area contributed by atoms with E-state index in [0.29, 0.717) is 12.8 Å². The standard InChI is InChI=1S/C11H17F3O3/c1-2-16-9(15)8-17-10(11(12,13)14)6-4-3-5-7-10/h2-8H2,1H3. The van der Waals surface area contributed by atoms with Gasteiger partial charge in [-0.05, 0) is 19.8 Å². The van der Waals surface area contributed by atoms with Gasteiger partial charge < -0.3 is 9.47 Å². The van der Waals surface area contributed by atoms with Crippen LogP contribution in [0.2, 0.25) is 0 Å². The first-order valence-corrected chi connectivity index (χ1v) is 5.77. The van der Waals surface area contributed by atoms with E-state index < -0.39 is 24.4 Å². The summed E-state index contributed by atoms with van der Waals surface area (Å²) in [6, 6.07) is 0. The molecule has 0 radical (unpaired) electrons. The van der Waals surface area contributed by atoms with Gasteiger partial charge in [0.1, 0.15) is 6.61 Å². The van der Waals surface area contributed by atoms with E-state index in [4.69, 9.17) is 4.74 Å². The predicted molar refractivity (Wildman–Crippen MR) is 54.5 cm³/mol. The molecule has 0 aliphatic heterocycles. The fourth-order valence-electron chi connectivity index (χ4n) is 2.03. The topological polar surface area (TPSA) is 35.5 Å². The van der Waals surface area contributed by atoms with E-state index in [2.05, 4.69) is 4.74 Å². The van der Waals surface area contributed by atoms with Gasteiger partial charge in [-0.25, -0.2) is 4.79 Å². The highest BCUT2D eigenvalue weighted by atomic mass is 19.4. The van der Waals surface area contributed by atoms with Gasteiger partial charge in [-0.3, -0.25) is 0 Å². The lowest BCUT2D eigenvalue weighted by atomic mass is 9.84. The molecule has 0 unspecified atom stereocenters. The fourth-order valence-corrected chi connectivity index (χ4v) is 2.03. The van der Waals surface area contributed by atoms with Crippen LogP contribution in [0.25, 0.3) is 0 Å².